The van der Waals surface area contributed by atoms with E-state index in [1.807, 2.05) is 0 Å². The number of rotatable bonds is 3. The first-order valence-electron chi connectivity index (χ1n) is 5.43. The Morgan fingerprint density at radius 3 is 2.35 bits per heavy atom. The first kappa shape index (κ1) is 14.9. The zero-order valence-corrected chi connectivity index (χ0v) is 12.6. The molecule has 0 spiro atoms. The van der Waals surface area contributed by atoms with Gasteiger partial charge in [-0.05, 0) is 37.3 Å². The summed E-state index contributed by atoms with van der Waals surface area (Å²) < 4.78 is 26.6. The molecule has 2 aromatic rings. The molecule has 0 atom stereocenters. The topological polar surface area (TPSA) is 79.3 Å². The second kappa shape index (κ2) is 5.47. The number of hydrogen-bond donors (Lipinski definition) is 2. The third-order valence-electron chi connectivity index (χ3n) is 2.39. The first-order valence-corrected chi connectivity index (χ1v) is 7.67. The summed E-state index contributed by atoms with van der Waals surface area (Å²) in [5.41, 5.74) is 0.560. The second-order valence-electron chi connectivity index (χ2n) is 4.03. The molecular formula is C12H10Cl2N2O3S. The van der Waals surface area contributed by atoms with Crippen molar-refractivity contribution in [2.24, 2.45) is 0 Å². The Hall–Kier alpha value is -1.50. The molecule has 20 heavy (non-hydrogen) atoms. The van der Waals surface area contributed by atoms with Crippen LogP contribution < -0.4 is 4.72 Å². The van der Waals surface area contributed by atoms with Gasteiger partial charge in [-0.1, -0.05) is 23.2 Å². The van der Waals surface area contributed by atoms with Gasteiger partial charge in [-0.3, -0.25) is 4.72 Å². The fourth-order valence-corrected chi connectivity index (χ4v) is 3.24. The van der Waals surface area contributed by atoms with Crippen LogP contribution in [-0.4, -0.2) is 18.5 Å². The van der Waals surface area contributed by atoms with Gasteiger partial charge in [0.25, 0.3) is 10.0 Å². The van der Waals surface area contributed by atoms with Crippen molar-refractivity contribution in [2.75, 3.05) is 4.72 Å². The average Bonchev–Trinajstić information content (AvgIpc) is 2.32. The highest BCUT2D eigenvalue weighted by molar-refractivity contribution is 7.92. The second-order valence-corrected chi connectivity index (χ2v) is 6.59. The van der Waals surface area contributed by atoms with E-state index in [4.69, 9.17) is 23.2 Å². The summed E-state index contributed by atoms with van der Waals surface area (Å²) in [7, 11) is -3.94. The smallest absolute Gasteiger partial charge is 0.263 e. The maximum atomic E-state index is 12.2. The third kappa shape index (κ3) is 3.33. The van der Waals surface area contributed by atoms with E-state index in [0.717, 1.165) is 0 Å². The number of aryl methyl sites for hydroxylation is 1. The zero-order valence-electron chi connectivity index (χ0n) is 10.3. The highest BCUT2D eigenvalue weighted by Gasteiger charge is 2.18. The van der Waals surface area contributed by atoms with Gasteiger partial charge in [-0.2, -0.15) is 0 Å². The molecule has 1 aromatic carbocycles. The summed E-state index contributed by atoms with van der Waals surface area (Å²) in [5.74, 6) is -0.423. The molecule has 2 rings (SSSR count). The molecule has 2 N–H and O–H groups in total. The summed E-state index contributed by atoms with van der Waals surface area (Å²) in [4.78, 5) is 3.81. The Bertz CT molecular complexity index is 743. The Balaban J connectivity index is 2.43. The number of halogens is 2. The maximum absolute atomic E-state index is 12.2. The normalized spacial score (nSPS) is 11.3. The molecule has 0 radical (unpaired) electrons. The number of pyridine rings is 1. The van der Waals surface area contributed by atoms with Crippen LogP contribution in [0.1, 0.15) is 5.69 Å². The van der Waals surface area contributed by atoms with Crippen LogP contribution in [0.5, 0.6) is 5.75 Å². The van der Waals surface area contributed by atoms with Crippen LogP contribution in [0.25, 0.3) is 0 Å². The number of hydrogen-bond acceptors (Lipinski definition) is 4. The summed E-state index contributed by atoms with van der Waals surface area (Å²) in [6.45, 7) is 1.67. The van der Waals surface area contributed by atoms with Crippen molar-refractivity contribution < 1.29 is 13.5 Å². The minimum Gasteiger partial charge on any atom is -0.504 e. The highest BCUT2D eigenvalue weighted by atomic mass is 35.5. The molecule has 5 nitrogen and oxygen atoms in total. The zero-order chi connectivity index (χ0) is 14.9. The lowest BCUT2D eigenvalue weighted by Gasteiger charge is -2.10. The molecular weight excluding hydrogens is 323 g/mol. The van der Waals surface area contributed by atoms with E-state index < -0.39 is 10.0 Å². The quantitative estimate of drug-likeness (QED) is 0.904. The summed E-state index contributed by atoms with van der Waals surface area (Å²) in [6, 6.07) is 6.84. The number of nitrogens with zero attached hydrogens (tertiary/aromatic N) is 1. The standard InChI is InChI=1S/C12H10Cl2N2O3S/c1-7-2-3-11(17)12(15-7)16-20(18,19)10-5-8(13)4-9(14)6-10/h2-6,17H,1H3,(H,15,16). The van der Waals surface area contributed by atoms with Gasteiger partial charge in [0.15, 0.2) is 11.6 Å². The fraction of sp³-hybridized carbons (Fsp3) is 0.0833. The number of aromatic hydroxyl groups is 1. The number of sulfonamides is 1. The molecule has 8 heteroatoms. The molecule has 0 amide bonds. The van der Waals surface area contributed by atoms with Gasteiger partial charge in [0.2, 0.25) is 0 Å². The van der Waals surface area contributed by atoms with Gasteiger partial charge in [-0.15, -0.1) is 0 Å². The van der Waals surface area contributed by atoms with Crippen LogP contribution in [0.3, 0.4) is 0 Å². The average molecular weight is 333 g/mol. The number of anilines is 1. The molecule has 0 saturated heterocycles. The van der Waals surface area contributed by atoms with E-state index in [9.17, 15) is 13.5 Å². The van der Waals surface area contributed by atoms with Crippen molar-refractivity contribution in [1.29, 1.82) is 0 Å². The van der Waals surface area contributed by atoms with E-state index >= 15 is 0 Å². The molecule has 106 valence electrons. The van der Waals surface area contributed by atoms with Crippen LogP contribution >= 0.6 is 23.2 Å². The largest absolute Gasteiger partial charge is 0.504 e. The van der Waals surface area contributed by atoms with Crippen LogP contribution in [-0.2, 0) is 10.0 Å². The lowest BCUT2D eigenvalue weighted by Crippen LogP contribution is -2.14. The van der Waals surface area contributed by atoms with Gasteiger partial charge >= 0.3 is 0 Å². The van der Waals surface area contributed by atoms with Crippen molar-refractivity contribution in [2.45, 2.75) is 11.8 Å². The lowest BCUT2D eigenvalue weighted by molar-refractivity contribution is 0.475. The SMILES string of the molecule is Cc1ccc(O)c(NS(=O)(=O)c2cc(Cl)cc(Cl)c2)n1. The van der Waals surface area contributed by atoms with E-state index in [0.29, 0.717) is 5.69 Å². The lowest BCUT2D eigenvalue weighted by atomic mass is 10.3. The number of benzene rings is 1. The van der Waals surface area contributed by atoms with Crippen molar-refractivity contribution in [3.63, 3.8) is 0 Å². The van der Waals surface area contributed by atoms with Crippen LogP contribution in [0.2, 0.25) is 10.0 Å². The fourth-order valence-electron chi connectivity index (χ4n) is 1.49. The van der Waals surface area contributed by atoms with Crippen molar-refractivity contribution in [3.05, 3.63) is 46.1 Å². The third-order valence-corrected chi connectivity index (χ3v) is 4.15. The molecule has 0 fully saturated rings. The van der Waals surface area contributed by atoms with Crippen molar-refractivity contribution in [1.82, 2.24) is 4.98 Å². The molecule has 1 heterocycles. The van der Waals surface area contributed by atoms with Gasteiger partial charge in [0, 0.05) is 15.7 Å². The van der Waals surface area contributed by atoms with E-state index in [-0.39, 0.29) is 26.5 Å². The van der Waals surface area contributed by atoms with Gasteiger partial charge < -0.3 is 5.11 Å². The van der Waals surface area contributed by atoms with Gasteiger partial charge in [-0.25, -0.2) is 13.4 Å². The summed E-state index contributed by atoms with van der Waals surface area (Å²) >= 11 is 11.5. The van der Waals surface area contributed by atoms with Crippen molar-refractivity contribution >= 4 is 39.0 Å². The predicted molar refractivity (Wildman–Crippen MR) is 77.9 cm³/mol. The molecule has 0 unspecified atom stereocenters. The van der Waals surface area contributed by atoms with E-state index in [1.54, 1.807) is 13.0 Å². The predicted octanol–water partition coefficient (Wildman–Crippen LogP) is 3.20. The van der Waals surface area contributed by atoms with Crippen molar-refractivity contribution in [3.8, 4) is 5.75 Å². The molecule has 0 aliphatic heterocycles. The van der Waals surface area contributed by atoms with Crippen LogP contribution in [0.4, 0.5) is 5.82 Å². The van der Waals surface area contributed by atoms with E-state index in [1.165, 1.54) is 24.3 Å². The minimum atomic E-state index is -3.94. The molecule has 1 aromatic heterocycles. The molecule has 0 bridgehead atoms. The molecule has 0 aliphatic rings. The van der Waals surface area contributed by atoms with Gasteiger partial charge in [0.05, 0.1) is 4.90 Å². The Morgan fingerprint density at radius 2 is 1.75 bits per heavy atom. The molecule has 0 aliphatic carbocycles. The summed E-state index contributed by atoms with van der Waals surface area (Å²) in [6.07, 6.45) is 0. The Labute approximate surface area is 126 Å². The minimum absolute atomic E-state index is 0.113. The number of nitrogens with one attached hydrogen (secondary N) is 1. The first-order chi connectivity index (χ1) is 9.28. The summed E-state index contributed by atoms with van der Waals surface area (Å²) in [5, 5.41) is 10.0. The number of aromatic nitrogens is 1. The van der Waals surface area contributed by atoms with Crippen LogP contribution in [0, 0.1) is 6.92 Å². The Morgan fingerprint density at radius 1 is 1.15 bits per heavy atom. The monoisotopic (exact) mass is 332 g/mol. The maximum Gasteiger partial charge on any atom is 0.263 e. The Kier molecular flexibility index (Phi) is 4.08. The van der Waals surface area contributed by atoms with Crippen LogP contribution in [0.15, 0.2) is 35.2 Å². The highest BCUT2D eigenvalue weighted by Crippen LogP contribution is 2.26. The van der Waals surface area contributed by atoms with Gasteiger partial charge in [0.1, 0.15) is 0 Å². The molecule has 0 saturated carbocycles. The van der Waals surface area contributed by atoms with E-state index in [2.05, 4.69) is 9.71 Å².